The fourth-order valence-corrected chi connectivity index (χ4v) is 2.69. The normalized spacial score (nSPS) is 17.0. The number of primary amides is 1. The summed E-state index contributed by atoms with van der Waals surface area (Å²) < 4.78 is 0. The van der Waals surface area contributed by atoms with E-state index < -0.39 is 5.91 Å². The molecule has 1 aliphatic heterocycles. The lowest BCUT2D eigenvalue weighted by Crippen LogP contribution is -2.26. The third-order valence-electron chi connectivity index (χ3n) is 3.62. The minimum atomic E-state index is -0.520. The summed E-state index contributed by atoms with van der Waals surface area (Å²) >= 11 is 5.98. The lowest BCUT2D eigenvalue weighted by atomic mass is 9.90. The van der Waals surface area contributed by atoms with E-state index >= 15 is 0 Å². The van der Waals surface area contributed by atoms with Gasteiger partial charge in [0.1, 0.15) is 5.70 Å². The number of rotatable bonds is 3. The second-order valence-electron chi connectivity index (χ2n) is 5.22. The second kappa shape index (κ2) is 5.81. The molecule has 1 radical (unpaired) electrons. The SMILES string of the molecule is NC(=O)C1=C([CH]C2=CCC(=O)C=C2)Cc2ccc(Cl)cc2N1. The number of amides is 1. The summed E-state index contributed by atoms with van der Waals surface area (Å²) in [7, 11) is 0. The van der Waals surface area contributed by atoms with Gasteiger partial charge < -0.3 is 11.1 Å². The molecular weight excluding hydrogens is 300 g/mol. The average Bonchev–Trinajstić information content (AvgIpc) is 2.49. The van der Waals surface area contributed by atoms with Crippen molar-refractivity contribution in [2.24, 2.45) is 5.73 Å². The Hall–Kier alpha value is -2.33. The van der Waals surface area contributed by atoms with Crippen molar-refractivity contribution >= 4 is 29.0 Å². The van der Waals surface area contributed by atoms with Gasteiger partial charge in [-0.05, 0) is 41.3 Å². The van der Waals surface area contributed by atoms with Gasteiger partial charge in [-0.15, -0.1) is 0 Å². The van der Waals surface area contributed by atoms with Crippen LogP contribution in [0.4, 0.5) is 5.69 Å². The van der Waals surface area contributed by atoms with E-state index in [4.69, 9.17) is 17.3 Å². The number of carbonyl (C=O) groups is 2. The predicted molar refractivity (Wildman–Crippen MR) is 86.1 cm³/mol. The van der Waals surface area contributed by atoms with E-state index in [1.54, 1.807) is 18.2 Å². The Bertz CT molecular complexity index is 760. The van der Waals surface area contributed by atoms with Crippen LogP contribution in [-0.2, 0) is 16.0 Å². The van der Waals surface area contributed by atoms with Crippen molar-refractivity contribution in [1.82, 2.24) is 0 Å². The molecule has 0 atom stereocenters. The van der Waals surface area contributed by atoms with Crippen LogP contribution in [0.5, 0.6) is 0 Å². The van der Waals surface area contributed by atoms with Gasteiger partial charge in [-0.25, -0.2) is 0 Å². The summed E-state index contributed by atoms with van der Waals surface area (Å²) in [6.07, 6.45) is 7.96. The smallest absolute Gasteiger partial charge is 0.265 e. The molecule has 5 heteroatoms. The van der Waals surface area contributed by atoms with Crippen LogP contribution in [0, 0.1) is 6.42 Å². The van der Waals surface area contributed by atoms with E-state index in [-0.39, 0.29) is 5.78 Å². The van der Waals surface area contributed by atoms with E-state index in [1.165, 1.54) is 0 Å². The van der Waals surface area contributed by atoms with Crippen molar-refractivity contribution in [3.8, 4) is 0 Å². The maximum atomic E-state index is 11.7. The van der Waals surface area contributed by atoms with Crippen LogP contribution in [0.25, 0.3) is 0 Å². The fourth-order valence-electron chi connectivity index (χ4n) is 2.52. The molecule has 3 N–H and O–H groups in total. The van der Waals surface area contributed by atoms with Crippen molar-refractivity contribution in [3.63, 3.8) is 0 Å². The standard InChI is InChI=1S/C17H14ClN2O2/c18-13-4-3-11-8-12(7-10-1-5-14(21)6-2-10)16(17(19)22)20-15(11)9-13/h1-5,7,9,20H,6,8H2,(H2,19,22). The molecule has 0 fully saturated rings. The first kappa shape index (κ1) is 14.6. The Labute approximate surface area is 133 Å². The van der Waals surface area contributed by atoms with Crippen LogP contribution in [0.2, 0.25) is 5.02 Å². The molecule has 4 nitrogen and oxygen atoms in total. The summed E-state index contributed by atoms with van der Waals surface area (Å²) in [4.78, 5) is 22.9. The lowest BCUT2D eigenvalue weighted by molar-refractivity contribution is -0.115. The van der Waals surface area contributed by atoms with Gasteiger partial charge in [0.05, 0.1) is 0 Å². The number of hydrogen-bond donors (Lipinski definition) is 2. The molecule has 1 aromatic carbocycles. The van der Waals surface area contributed by atoms with Gasteiger partial charge >= 0.3 is 0 Å². The topological polar surface area (TPSA) is 72.2 Å². The van der Waals surface area contributed by atoms with Gasteiger partial charge in [-0.1, -0.05) is 29.8 Å². The van der Waals surface area contributed by atoms with Crippen LogP contribution < -0.4 is 11.1 Å². The molecule has 22 heavy (non-hydrogen) atoms. The molecule has 1 aromatic rings. The highest BCUT2D eigenvalue weighted by Gasteiger charge is 2.22. The Kier molecular flexibility index (Phi) is 3.86. The zero-order chi connectivity index (χ0) is 15.7. The Balaban J connectivity index is 1.90. The highest BCUT2D eigenvalue weighted by Crippen LogP contribution is 2.32. The number of anilines is 1. The number of allylic oxidation sites excluding steroid dienone is 5. The van der Waals surface area contributed by atoms with Gasteiger partial charge in [-0.2, -0.15) is 0 Å². The van der Waals surface area contributed by atoms with E-state index in [0.717, 1.165) is 22.4 Å². The van der Waals surface area contributed by atoms with Crippen molar-refractivity contribution in [2.75, 3.05) is 5.32 Å². The number of ketones is 1. The summed E-state index contributed by atoms with van der Waals surface area (Å²) in [5, 5.41) is 3.65. The van der Waals surface area contributed by atoms with Crippen LogP contribution in [0.15, 0.2) is 53.3 Å². The van der Waals surface area contributed by atoms with E-state index in [0.29, 0.717) is 23.6 Å². The summed E-state index contributed by atoms with van der Waals surface area (Å²) in [5.74, 6) is -0.448. The molecule has 0 bridgehead atoms. The Morgan fingerprint density at radius 3 is 2.82 bits per heavy atom. The molecule has 111 valence electrons. The van der Waals surface area contributed by atoms with Gasteiger partial charge in [0.2, 0.25) is 0 Å². The minimum Gasteiger partial charge on any atom is -0.364 e. The second-order valence-corrected chi connectivity index (χ2v) is 5.66. The van der Waals surface area contributed by atoms with Gasteiger partial charge in [-0.3, -0.25) is 9.59 Å². The average molecular weight is 314 g/mol. The third kappa shape index (κ3) is 2.97. The highest BCUT2D eigenvalue weighted by molar-refractivity contribution is 6.30. The minimum absolute atomic E-state index is 0.0722. The van der Waals surface area contributed by atoms with Crippen molar-refractivity contribution in [3.05, 3.63) is 70.3 Å². The van der Waals surface area contributed by atoms with Crippen LogP contribution >= 0.6 is 11.6 Å². The first-order valence-electron chi connectivity index (χ1n) is 6.87. The molecule has 3 rings (SSSR count). The van der Waals surface area contributed by atoms with Crippen molar-refractivity contribution in [1.29, 1.82) is 0 Å². The quantitative estimate of drug-likeness (QED) is 0.901. The number of nitrogens with one attached hydrogen (secondary N) is 1. The van der Waals surface area contributed by atoms with Crippen LogP contribution in [0.3, 0.4) is 0 Å². The Morgan fingerprint density at radius 1 is 1.32 bits per heavy atom. The number of nitrogens with two attached hydrogens (primary N) is 1. The number of halogens is 1. The van der Waals surface area contributed by atoms with Crippen molar-refractivity contribution in [2.45, 2.75) is 12.8 Å². The molecule has 2 aliphatic rings. The molecule has 0 saturated heterocycles. The monoisotopic (exact) mass is 313 g/mol. The van der Waals surface area contributed by atoms with E-state index in [2.05, 4.69) is 5.32 Å². The highest BCUT2D eigenvalue weighted by atomic mass is 35.5. The van der Waals surface area contributed by atoms with Crippen molar-refractivity contribution < 1.29 is 9.59 Å². The van der Waals surface area contributed by atoms with Crippen LogP contribution in [0.1, 0.15) is 12.0 Å². The number of benzene rings is 1. The molecule has 0 saturated carbocycles. The molecule has 1 amide bonds. The molecule has 1 heterocycles. The number of fused-ring (bicyclic) bond motifs is 1. The summed E-state index contributed by atoms with van der Waals surface area (Å²) in [5.41, 5.74) is 9.36. The maximum Gasteiger partial charge on any atom is 0.265 e. The molecular formula is C17H14ClN2O2. The zero-order valence-electron chi connectivity index (χ0n) is 11.7. The van der Waals surface area contributed by atoms with E-state index in [9.17, 15) is 9.59 Å². The number of hydrogen-bond acceptors (Lipinski definition) is 3. The zero-order valence-corrected chi connectivity index (χ0v) is 12.5. The molecule has 0 aromatic heterocycles. The maximum absolute atomic E-state index is 11.7. The predicted octanol–water partition coefficient (Wildman–Crippen LogP) is 2.71. The summed E-state index contributed by atoms with van der Waals surface area (Å²) in [6, 6.07) is 5.51. The molecule has 1 aliphatic carbocycles. The number of carbonyl (C=O) groups excluding carboxylic acids is 2. The first-order chi connectivity index (χ1) is 10.5. The van der Waals surface area contributed by atoms with Gasteiger partial charge in [0.25, 0.3) is 5.91 Å². The van der Waals surface area contributed by atoms with Gasteiger partial charge in [0, 0.05) is 23.6 Å². The fraction of sp³-hybridized carbons (Fsp3) is 0.118. The Morgan fingerprint density at radius 2 is 2.14 bits per heavy atom. The van der Waals surface area contributed by atoms with Gasteiger partial charge in [0.15, 0.2) is 5.78 Å². The molecule has 0 spiro atoms. The largest absolute Gasteiger partial charge is 0.364 e. The molecule has 0 unspecified atom stereocenters. The summed E-state index contributed by atoms with van der Waals surface area (Å²) in [6.45, 7) is 0. The lowest BCUT2D eigenvalue weighted by Gasteiger charge is -2.24. The third-order valence-corrected chi connectivity index (χ3v) is 3.86. The van der Waals surface area contributed by atoms with E-state index in [1.807, 2.05) is 24.6 Å². The van der Waals surface area contributed by atoms with Crippen LogP contribution in [-0.4, -0.2) is 11.7 Å². The first-order valence-corrected chi connectivity index (χ1v) is 7.25.